The monoisotopic (exact) mass is 435 g/mol. The van der Waals surface area contributed by atoms with Crippen LogP contribution in [-0.2, 0) is 10.0 Å². The minimum atomic E-state index is -4.12. The second-order valence-electron chi connectivity index (χ2n) is 5.77. The van der Waals surface area contributed by atoms with Gasteiger partial charge in [-0.15, -0.1) is 0 Å². The molecule has 0 aliphatic heterocycles. The Morgan fingerprint density at radius 1 is 1.14 bits per heavy atom. The number of methoxy groups -OCH3 is 1. The van der Waals surface area contributed by atoms with Gasteiger partial charge in [-0.25, -0.2) is 17.8 Å². The molecule has 3 aromatic rings. The molecule has 0 unspecified atom stereocenters. The maximum Gasteiger partial charge on any atom is 0.263 e. The maximum atomic E-state index is 13.0. The minimum absolute atomic E-state index is 0.0554. The molecule has 1 aromatic heterocycles. The van der Waals surface area contributed by atoms with Crippen molar-refractivity contribution in [3.8, 4) is 5.88 Å². The van der Waals surface area contributed by atoms with E-state index in [1.165, 1.54) is 37.6 Å². The summed E-state index contributed by atoms with van der Waals surface area (Å²) in [5, 5.41) is 2.53. The molecular formula is C19H15ClFN3O4S. The molecule has 10 heteroatoms. The first-order chi connectivity index (χ1) is 13.8. The number of hydrogen-bond donors (Lipinski definition) is 2. The number of rotatable bonds is 6. The molecule has 7 nitrogen and oxygen atoms in total. The zero-order chi connectivity index (χ0) is 21.0. The van der Waals surface area contributed by atoms with Crippen LogP contribution in [0.4, 0.5) is 15.8 Å². The highest BCUT2D eigenvalue weighted by Gasteiger charge is 2.21. The molecule has 29 heavy (non-hydrogen) atoms. The standard InChI is InChI=1S/C19H15ClFN3O4S/c1-28-19-16(3-2-10-22-19)23-18(25)12-4-9-15(20)17(11-12)29(26,27)24-14-7-5-13(21)6-8-14/h2-11,24H,1H3,(H,23,25). The van der Waals surface area contributed by atoms with Crippen LogP contribution in [0.25, 0.3) is 0 Å². The van der Waals surface area contributed by atoms with Gasteiger partial charge in [-0.2, -0.15) is 0 Å². The lowest BCUT2D eigenvalue weighted by atomic mass is 10.2. The average Bonchev–Trinajstić information content (AvgIpc) is 2.70. The molecule has 3 rings (SSSR count). The third-order valence-electron chi connectivity index (χ3n) is 3.79. The SMILES string of the molecule is COc1ncccc1NC(=O)c1ccc(Cl)c(S(=O)(=O)Nc2ccc(F)cc2)c1. The van der Waals surface area contributed by atoms with E-state index in [-0.39, 0.29) is 27.0 Å². The van der Waals surface area contributed by atoms with Crippen LogP contribution in [0.1, 0.15) is 10.4 Å². The summed E-state index contributed by atoms with van der Waals surface area (Å²) in [4.78, 5) is 16.3. The fourth-order valence-corrected chi connectivity index (χ4v) is 4.01. The fourth-order valence-electron chi connectivity index (χ4n) is 2.42. The second kappa shape index (κ2) is 8.46. The van der Waals surface area contributed by atoms with E-state index in [1.54, 1.807) is 12.1 Å². The highest BCUT2D eigenvalue weighted by molar-refractivity contribution is 7.92. The summed E-state index contributed by atoms with van der Waals surface area (Å²) in [6.45, 7) is 0. The summed E-state index contributed by atoms with van der Waals surface area (Å²) in [5.41, 5.74) is 0.529. The van der Waals surface area contributed by atoms with E-state index in [4.69, 9.17) is 16.3 Å². The van der Waals surface area contributed by atoms with E-state index < -0.39 is 21.7 Å². The first-order valence-electron chi connectivity index (χ1n) is 8.18. The van der Waals surface area contributed by atoms with Gasteiger partial charge in [0.15, 0.2) is 0 Å². The fraction of sp³-hybridized carbons (Fsp3) is 0.0526. The number of halogens is 2. The summed E-state index contributed by atoms with van der Waals surface area (Å²) < 4.78 is 45.8. The summed E-state index contributed by atoms with van der Waals surface area (Å²) >= 11 is 6.04. The topological polar surface area (TPSA) is 97.4 Å². The Balaban J connectivity index is 1.89. The molecule has 0 aliphatic rings. The van der Waals surface area contributed by atoms with Crippen LogP contribution >= 0.6 is 11.6 Å². The van der Waals surface area contributed by atoms with Crippen LogP contribution in [0.15, 0.2) is 65.7 Å². The van der Waals surface area contributed by atoms with Gasteiger partial charge in [0.05, 0.1) is 12.1 Å². The molecule has 150 valence electrons. The second-order valence-corrected chi connectivity index (χ2v) is 7.83. The van der Waals surface area contributed by atoms with Crippen molar-refractivity contribution in [2.75, 3.05) is 17.1 Å². The van der Waals surface area contributed by atoms with Crippen LogP contribution in [-0.4, -0.2) is 26.4 Å². The zero-order valence-corrected chi connectivity index (χ0v) is 16.6. The van der Waals surface area contributed by atoms with Crippen LogP contribution < -0.4 is 14.8 Å². The van der Waals surface area contributed by atoms with Crippen molar-refractivity contribution in [2.24, 2.45) is 0 Å². The number of nitrogens with zero attached hydrogens (tertiary/aromatic N) is 1. The lowest BCUT2D eigenvalue weighted by Gasteiger charge is -2.12. The number of benzene rings is 2. The van der Waals surface area contributed by atoms with Crippen molar-refractivity contribution >= 4 is 38.9 Å². The van der Waals surface area contributed by atoms with E-state index in [1.807, 2.05) is 0 Å². The Bertz CT molecular complexity index is 1150. The van der Waals surface area contributed by atoms with E-state index >= 15 is 0 Å². The Labute approximate surface area is 171 Å². The maximum absolute atomic E-state index is 13.0. The lowest BCUT2D eigenvalue weighted by Crippen LogP contribution is -2.17. The quantitative estimate of drug-likeness (QED) is 0.611. The normalized spacial score (nSPS) is 11.0. The molecule has 0 atom stereocenters. The molecule has 2 aromatic carbocycles. The predicted molar refractivity (Wildman–Crippen MR) is 107 cm³/mol. The van der Waals surface area contributed by atoms with Crippen molar-refractivity contribution < 1.29 is 22.3 Å². The molecule has 0 saturated heterocycles. The van der Waals surface area contributed by atoms with Gasteiger partial charge in [0.2, 0.25) is 5.88 Å². The number of nitrogens with one attached hydrogen (secondary N) is 2. The van der Waals surface area contributed by atoms with Crippen molar-refractivity contribution in [3.63, 3.8) is 0 Å². The Kier molecular flexibility index (Phi) is 6.00. The molecule has 0 bridgehead atoms. The highest BCUT2D eigenvalue weighted by Crippen LogP contribution is 2.26. The third-order valence-corrected chi connectivity index (χ3v) is 5.65. The van der Waals surface area contributed by atoms with E-state index in [0.717, 1.165) is 18.2 Å². The number of sulfonamides is 1. The van der Waals surface area contributed by atoms with Crippen LogP contribution in [0.5, 0.6) is 5.88 Å². The molecule has 0 aliphatic carbocycles. The first-order valence-corrected chi connectivity index (χ1v) is 10.0. The number of carbonyl (C=O) groups excluding carboxylic acids is 1. The number of aromatic nitrogens is 1. The molecule has 0 fully saturated rings. The molecule has 0 saturated carbocycles. The third kappa shape index (κ3) is 4.82. The molecule has 0 spiro atoms. The van der Waals surface area contributed by atoms with Gasteiger partial charge in [0, 0.05) is 17.4 Å². The van der Waals surface area contributed by atoms with E-state index in [2.05, 4.69) is 15.0 Å². The molecule has 1 amide bonds. The average molecular weight is 436 g/mol. The summed E-state index contributed by atoms with van der Waals surface area (Å²) in [6.07, 6.45) is 1.50. The van der Waals surface area contributed by atoms with Crippen LogP contribution in [0, 0.1) is 5.82 Å². The summed E-state index contributed by atoms with van der Waals surface area (Å²) in [7, 11) is -2.71. The van der Waals surface area contributed by atoms with E-state index in [0.29, 0.717) is 5.69 Å². The van der Waals surface area contributed by atoms with Gasteiger partial charge >= 0.3 is 0 Å². The number of carbonyl (C=O) groups is 1. The van der Waals surface area contributed by atoms with Gasteiger partial charge in [-0.05, 0) is 54.6 Å². The van der Waals surface area contributed by atoms with Gasteiger partial charge in [0.1, 0.15) is 16.4 Å². The number of anilines is 2. The van der Waals surface area contributed by atoms with Crippen molar-refractivity contribution in [1.82, 2.24) is 4.98 Å². The Morgan fingerprint density at radius 2 is 1.86 bits per heavy atom. The van der Waals surface area contributed by atoms with E-state index in [9.17, 15) is 17.6 Å². The summed E-state index contributed by atoms with van der Waals surface area (Å²) in [5.74, 6) is -0.873. The summed E-state index contributed by atoms with van der Waals surface area (Å²) in [6, 6.07) is 11.8. The smallest absolute Gasteiger partial charge is 0.263 e. The van der Waals surface area contributed by atoms with Gasteiger partial charge in [0.25, 0.3) is 15.9 Å². The van der Waals surface area contributed by atoms with Crippen molar-refractivity contribution in [2.45, 2.75) is 4.90 Å². The number of ether oxygens (including phenoxy) is 1. The number of hydrogen-bond acceptors (Lipinski definition) is 5. The first kappa shape index (κ1) is 20.6. The molecular weight excluding hydrogens is 421 g/mol. The van der Waals surface area contributed by atoms with Crippen molar-refractivity contribution in [3.05, 3.63) is 77.2 Å². The minimum Gasteiger partial charge on any atom is -0.480 e. The van der Waals surface area contributed by atoms with Crippen LogP contribution in [0.3, 0.4) is 0 Å². The predicted octanol–water partition coefficient (Wildman–Crippen LogP) is 3.94. The van der Waals surface area contributed by atoms with Crippen molar-refractivity contribution in [1.29, 1.82) is 0 Å². The zero-order valence-electron chi connectivity index (χ0n) is 15.0. The largest absolute Gasteiger partial charge is 0.480 e. The molecule has 2 N–H and O–H groups in total. The number of amides is 1. The Morgan fingerprint density at radius 3 is 2.55 bits per heavy atom. The van der Waals surface area contributed by atoms with Crippen LogP contribution in [0.2, 0.25) is 5.02 Å². The van der Waals surface area contributed by atoms with Gasteiger partial charge in [-0.3, -0.25) is 9.52 Å². The highest BCUT2D eigenvalue weighted by atomic mass is 35.5. The molecule has 1 heterocycles. The number of pyridine rings is 1. The lowest BCUT2D eigenvalue weighted by molar-refractivity contribution is 0.102. The Hall–Kier alpha value is -3.17. The molecule has 0 radical (unpaired) electrons. The van der Waals surface area contributed by atoms with Gasteiger partial charge in [-0.1, -0.05) is 11.6 Å². The van der Waals surface area contributed by atoms with Gasteiger partial charge < -0.3 is 10.1 Å².